The Kier molecular flexibility index (Phi) is 6.48. The number of nitriles is 2. The highest BCUT2D eigenvalue weighted by Gasteiger charge is 1.89. The van der Waals surface area contributed by atoms with E-state index >= 15 is 0 Å². The second-order valence-electron chi connectivity index (χ2n) is 2.03. The maximum absolute atomic E-state index is 8.32. The molecule has 0 unspecified atom stereocenters. The number of hydrogen-bond acceptors (Lipinski definition) is 2. The topological polar surface area (TPSA) is 47.6 Å². The highest BCUT2D eigenvalue weighted by molar-refractivity contribution is 6.17. The molecule has 0 aliphatic carbocycles. The number of nitrogens with zero attached hydrogens (tertiary/aromatic N) is 2. The summed E-state index contributed by atoms with van der Waals surface area (Å²) < 4.78 is 0. The first kappa shape index (κ1) is 10.0. The molecule has 58 valence electrons. The first-order valence-corrected chi connectivity index (χ1v) is 3.95. The molecule has 0 N–H and O–H groups in total. The maximum Gasteiger partial charge on any atom is 0.125 e. The molecule has 0 bridgehead atoms. The van der Waals surface area contributed by atoms with Crippen molar-refractivity contribution in [1.82, 2.24) is 0 Å². The normalized spacial score (nSPS) is 7.91. The van der Waals surface area contributed by atoms with Crippen LogP contribution < -0.4 is 0 Å². The molecule has 0 rings (SSSR count). The zero-order valence-electron chi connectivity index (χ0n) is 6.18. The molecule has 0 aliphatic rings. The lowest BCUT2D eigenvalue weighted by atomic mass is 10.2. The van der Waals surface area contributed by atoms with Gasteiger partial charge in [-0.1, -0.05) is 6.08 Å². The van der Waals surface area contributed by atoms with Crippen LogP contribution in [0, 0.1) is 22.7 Å². The van der Waals surface area contributed by atoms with E-state index in [9.17, 15) is 0 Å². The Balaban J connectivity index is 3.58. The van der Waals surface area contributed by atoms with Gasteiger partial charge >= 0.3 is 0 Å². The number of alkyl halides is 1. The molecule has 0 fully saturated rings. The summed E-state index contributed by atoms with van der Waals surface area (Å²) in [5.41, 5.74) is 0.194. The molecule has 0 spiro atoms. The molecule has 2 nitrogen and oxygen atoms in total. The predicted octanol–water partition coefficient (Wildman–Crippen LogP) is 2.37. The average Bonchev–Trinajstić information content (AvgIpc) is 2.05. The third-order valence-electron chi connectivity index (χ3n) is 1.18. The van der Waals surface area contributed by atoms with E-state index in [1.165, 1.54) is 0 Å². The standard InChI is InChI=1S/C8H9ClN2/c9-5-3-1-2-4-8(6-10)7-11/h4H,1-3,5H2. The molecule has 0 aliphatic heterocycles. The van der Waals surface area contributed by atoms with Crippen molar-refractivity contribution >= 4 is 11.6 Å². The van der Waals surface area contributed by atoms with E-state index < -0.39 is 0 Å². The van der Waals surface area contributed by atoms with Crippen molar-refractivity contribution < 1.29 is 0 Å². The Hall–Kier alpha value is -0.990. The van der Waals surface area contributed by atoms with Gasteiger partial charge in [0.1, 0.15) is 17.7 Å². The van der Waals surface area contributed by atoms with E-state index in [4.69, 9.17) is 22.1 Å². The second-order valence-corrected chi connectivity index (χ2v) is 2.40. The van der Waals surface area contributed by atoms with E-state index in [1.54, 1.807) is 18.2 Å². The van der Waals surface area contributed by atoms with Crippen molar-refractivity contribution in [3.05, 3.63) is 11.6 Å². The molecule has 0 amide bonds. The molecular formula is C8H9ClN2. The predicted molar refractivity (Wildman–Crippen MR) is 43.9 cm³/mol. The summed E-state index contributed by atoms with van der Waals surface area (Å²) in [5.74, 6) is 0.641. The molecular weight excluding hydrogens is 160 g/mol. The summed E-state index contributed by atoms with van der Waals surface area (Å²) in [4.78, 5) is 0. The van der Waals surface area contributed by atoms with Crippen LogP contribution in [0.1, 0.15) is 19.3 Å². The maximum atomic E-state index is 8.32. The van der Waals surface area contributed by atoms with E-state index in [0.717, 1.165) is 19.3 Å². The Bertz CT molecular complexity index is 191. The molecule has 0 aromatic carbocycles. The van der Waals surface area contributed by atoms with Crippen molar-refractivity contribution in [3.8, 4) is 12.1 Å². The molecule has 0 heterocycles. The SMILES string of the molecule is N#CC(C#N)=CCCCCCl. The first-order chi connectivity index (χ1) is 5.35. The minimum atomic E-state index is 0.194. The molecule has 0 saturated carbocycles. The second kappa shape index (κ2) is 7.12. The number of rotatable bonds is 4. The largest absolute Gasteiger partial charge is 0.192 e. The van der Waals surface area contributed by atoms with Gasteiger partial charge in [0.05, 0.1) is 0 Å². The monoisotopic (exact) mass is 168 g/mol. The fraction of sp³-hybridized carbons (Fsp3) is 0.500. The summed E-state index contributed by atoms with van der Waals surface area (Å²) in [7, 11) is 0. The van der Waals surface area contributed by atoms with Crippen molar-refractivity contribution in [3.63, 3.8) is 0 Å². The molecule has 11 heavy (non-hydrogen) atoms. The number of allylic oxidation sites excluding steroid dienone is 2. The lowest BCUT2D eigenvalue weighted by Crippen LogP contribution is -1.77. The number of hydrogen-bond donors (Lipinski definition) is 0. The summed E-state index contributed by atoms with van der Waals surface area (Å²) in [6.07, 6.45) is 4.29. The number of halogens is 1. The van der Waals surface area contributed by atoms with E-state index in [-0.39, 0.29) is 5.57 Å². The van der Waals surface area contributed by atoms with E-state index in [1.807, 2.05) is 0 Å². The molecule has 0 aromatic heterocycles. The quantitative estimate of drug-likeness (QED) is 0.368. The van der Waals surface area contributed by atoms with Gasteiger partial charge in [-0.2, -0.15) is 10.5 Å². The summed E-state index contributed by atoms with van der Waals surface area (Å²) in [5, 5.41) is 16.6. The summed E-state index contributed by atoms with van der Waals surface area (Å²) >= 11 is 5.43. The minimum Gasteiger partial charge on any atom is -0.192 e. The van der Waals surface area contributed by atoms with Crippen LogP contribution in [0.2, 0.25) is 0 Å². The van der Waals surface area contributed by atoms with Crippen molar-refractivity contribution in [2.24, 2.45) is 0 Å². The summed E-state index contributed by atoms with van der Waals surface area (Å²) in [6.45, 7) is 0. The fourth-order valence-corrected chi connectivity index (χ4v) is 0.790. The van der Waals surface area contributed by atoms with Crippen LogP contribution in [0.25, 0.3) is 0 Å². The molecule has 0 aromatic rings. The Labute approximate surface area is 71.7 Å². The van der Waals surface area contributed by atoms with Crippen molar-refractivity contribution in [1.29, 1.82) is 10.5 Å². The lowest BCUT2D eigenvalue weighted by molar-refractivity contribution is 0.818. The van der Waals surface area contributed by atoms with Gasteiger partial charge in [0.2, 0.25) is 0 Å². The highest BCUT2D eigenvalue weighted by Crippen LogP contribution is 2.01. The van der Waals surface area contributed by atoms with Crippen LogP contribution in [0.5, 0.6) is 0 Å². The van der Waals surface area contributed by atoms with Crippen LogP contribution in [0.3, 0.4) is 0 Å². The Morgan fingerprint density at radius 2 is 1.91 bits per heavy atom. The van der Waals surface area contributed by atoms with E-state index in [2.05, 4.69) is 0 Å². The first-order valence-electron chi connectivity index (χ1n) is 3.41. The van der Waals surface area contributed by atoms with Gasteiger partial charge in [-0.3, -0.25) is 0 Å². The van der Waals surface area contributed by atoms with Gasteiger partial charge in [-0.05, 0) is 19.3 Å². The van der Waals surface area contributed by atoms with E-state index in [0.29, 0.717) is 5.88 Å². The molecule has 0 saturated heterocycles. The fourth-order valence-electron chi connectivity index (χ4n) is 0.602. The molecule has 3 heteroatoms. The van der Waals surface area contributed by atoms with Gasteiger partial charge in [0.25, 0.3) is 0 Å². The zero-order valence-corrected chi connectivity index (χ0v) is 6.93. The smallest absolute Gasteiger partial charge is 0.125 e. The van der Waals surface area contributed by atoms with Crippen LogP contribution in [0.15, 0.2) is 11.6 Å². The highest BCUT2D eigenvalue weighted by atomic mass is 35.5. The Morgan fingerprint density at radius 3 is 2.36 bits per heavy atom. The van der Waals surface area contributed by atoms with Crippen LogP contribution in [-0.4, -0.2) is 5.88 Å². The third-order valence-corrected chi connectivity index (χ3v) is 1.44. The van der Waals surface area contributed by atoms with Crippen molar-refractivity contribution in [2.45, 2.75) is 19.3 Å². The van der Waals surface area contributed by atoms with Gasteiger partial charge in [0, 0.05) is 5.88 Å². The van der Waals surface area contributed by atoms with Gasteiger partial charge in [-0.15, -0.1) is 11.6 Å². The van der Waals surface area contributed by atoms with Gasteiger partial charge < -0.3 is 0 Å². The van der Waals surface area contributed by atoms with Gasteiger partial charge in [0.15, 0.2) is 0 Å². The molecule has 0 radical (unpaired) electrons. The van der Waals surface area contributed by atoms with Crippen LogP contribution in [-0.2, 0) is 0 Å². The minimum absolute atomic E-state index is 0.194. The average molecular weight is 169 g/mol. The van der Waals surface area contributed by atoms with Gasteiger partial charge in [-0.25, -0.2) is 0 Å². The zero-order chi connectivity index (χ0) is 8.53. The van der Waals surface area contributed by atoms with Crippen molar-refractivity contribution in [2.75, 3.05) is 5.88 Å². The Morgan fingerprint density at radius 1 is 1.27 bits per heavy atom. The lowest BCUT2D eigenvalue weighted by Gasteiger charge is -1.89. The van der Waals surface area contributed by atoms with Crippen LogP contribution >= 0.6 is 11.6 Å². The van der Waals surface area contributed by atoms with Crippen LogP contribution in [0.4, 0.5) is 0 Å². The summed E-state index contributed by atoms with van der Waals surface area (Å²) in [6, 6.07) is 3.59. The molecule has 0 atom stereocenters. The number of unbranched alkanes of at least 4 members (excludes halogenated alkanes) is 2. The third kappa shape index (κ3) is 5.45.